The highest BCUT2D eigenvalue weighted by Crippen LogP contribution is 2.30. The summed E-state index contributed by atoms with van der Waals surface area (Å²) in [7, 11) is 0. The van der Waals surface area contributed by atoms with E-state index in [0.717, 1.165) is 6.07 Å². The highest BCUT2D eigenvalue weighted by molar-refractivity contribution is 5.94. The molecule has 9 heteroatoms. The monoisotopic (exact) mass is 376 g/mol. The molecule has 1 saturated heterocycles. The van der Waals surface area contributed by atoms with Crippen LogP contribution in [-0.2, 0) is 11.0 Å². The Morgan fingerprint density at radius 2 is 2.04 bits per heavy atom. The number of carbonyl (C=O) groups is 2. The highest BCUT2D eigenvalue weighted by Gasteiger charge is 2.35. The minimum Gasteiger partial charge on any atom is -0.396 e. The van der Waals surface area contributed by atoms with Gasteiger partial charge in [0.1, 0.15) is 5.82 Å². The molecule has 1 aliphatic heterocycles. The number of hydrogen-bond donors (Lipinski definition) is 3. The van der Waals surface area contributed by atoms with Gasteiger partial charge >= 0.3 is 6.18 Å². The summed E-state index contributed by atoms with van der Waals surface area (Å²) >= 11 is 0. The Labute approximate surface area is 147 Å². The largest absolute Gasteiger partial charge is 0.416 e. The highest BCUT2D eigenvalue weighted by atomic mass is 19.4. The summed E-state index contributed by atoms with van der Waals surface area (Å²) in [5.41, 5.74) is -1.66. The van der Waals surface area contributed by atoms with Gasteiger partial charge in [-0.05, 0) is 43.4 Å². The lowest BCUT2D eigenvalue weighted by Crippen LogP contribution is -2.51. The van der Waals surface area contributed by atoms with Crippen LogP contribution in [0.25, 0.3) is 0 Å². The van der Waals surface area contributed by atoms with E-state index in [4.69, 9.17) is 5.11 Å². The van der Waals surface area contributed by atoms with Crippen molar-refractivity contribution in [3.05, 3.63) is 35.1 Å². The summed E-state index contributed by atoms with van der Waals surface area (Å²) in [5, 5.41) is 14.4. The fourth-order valence-corrected chi connectivity index (χ4v) is 3.24. The number of aliphatic hydroxyl groups is 1. The van der Waals surface area contributed by atoms with Crippen molar-refractivity contribution in [2.45, 2.75) is 32.0 Å². The topological polar surface area (TPSA) is 78.4 Å². The van der Waals surface area contributed by atoms with Crippen LogP contribution in [0, 0.1) is 17.7 Å². The average molecular weight is 376 g/mol. The Morgan fingerprint density at radius 1 is 1.35 bits per heavy atom. The lowest BCUT2D eigenvalue weighted by molar-refractivity contribution is -0.137. The van der Waals surface area contributed by atoms with Gasteiger partial charge in [0.25, 0.3) is 5.91 Å². The number of nitrogens with one attached hydrogen (secondary N) is 2. The molecule has 0 radical (unpaired) electrons. The van der Waals surface area contributed by atoms with E-state index in [2.05, 4.69) is 10.6 Å². The Bertz CT molecular complexity index is 678. The van der Waals surface area contributed by atoms with Crippen LogP contribution in [-0.4, -0.2) is 36.1 Å². The lowest BCUT2D eigenvalue weighted by atomic mass is 9.79. The van der Waals surface area contributed by atoms with Gasteiger partial charge in [0.15, 0.2) is 0 Å². The van der Waals surface area contributed by atoms with Crippen molar-refractivity contribution < 1.29 is 32.3 Å². The van der Waals surface area contributed by atoms with Gasteiger partial charge in [0.2, 0.25) is 5.91 Å². The number of rotatable bonds is 5. The molecule has 1 heterocycles. The van der Waals surface area contributed by atoms with Crippen LogP contribution in [0.1, 0.15) is 35.7 Å². The second kappa shape index (κ2) is 8.03. The van der Waals surface area contributed by atoms with E-state index in [9.17, 15) is 27.2 Å². The first-order valence-corrected chi connectivity index (χ1v) is 8.18. The van der Waals surface area contributed by atoms with Crippen LogP contribution in [0.4, 0.5) is 17.6 Å². The molecule has 2 rings (SSSR count). The number of aliphatic hydroxyl groups excluding tert-OH is 1. The van der Waals surface area contributed by atoms with Crippen LogP contribution in [0.2, 0.25) is 0 Å². The molecule has 1 fully saturated rings. The zero-order valence-corrected chi connectivity index (χ0v) is 14.1. The minimum atomic E-state index is -4.76. The van der Waals surface area contributed by atoms with Gasteiger partial charge in [-0.3, -0.25) is 9.59 Å². The first-order valence-electron chi connectivity index (χ1n) is 8.18. The van der Waals surface area contributed by atoms with Crippen LogP contribution in [0.15, 0.2) is 18.2 Å². The predicted octanol–water partition coefficient (Wildman–Crippen LogP) is 2.10. The van der Waals surface area contributed by atoms with Crippen molar-refractivity contribution in [3.63, 3.8) is 0 Å². The Balaban J connectivity index is 2.10. The average Bonchev–Trinajstić information content (AvgIpc) is 2.52. The van der Waals surface area contributed by atoms with E-state index in [1.165, 1.54) is 0 Å². The van der Waals surface area contributed by atoms with Crippen molar-refractivity contribution in [2.24, 2.45) is 11.8 Å². The minimum absolute atomic E-state index is 0.0861. The van der Waals surface area contributed by atoms with Crippen LogP contribution in [0.3, 0.4) is 0 Å². The van der Waals surface area contributed by atoms with Crippen molar-refractivity contribution in [3.8, 4) is 0 Å². The second-order valence-corrected chi connectivity index (χ2v) is 6.43. The molecule has 26 heavy (non-hydrogen) atoms. The fourth-order valence-electron chi connectivity index (χ4n) is 3.24. The van der Waals surface area contributed by atoms with E-state index < -0.39 is 29.0 Å². The van der Waals surface area contributed by atoms with Crippen molar-refractivity contribution in [1.29, 1.82) is 0 Å². The Morgan fingerprint density at radius 3 is 2.65 bits per heavy atom. The van der Waals surface area contributed by atoms with Gasteiger partial charge in [-0.25, -0.2) is 4.39 Å². The van der Waals surface area contributed by atoms with Gasteiger partial charge < -0.3 is 15.7 Å². The third kappa shape index (κ3) is 4.94. The number of hydrogen-bond acceptors (Lipinski definition) is 3. The second-order valence-electron chi connectivity index (χ2n) is 6.43. The fraction of sp³-hybridized carbons (Fsp3) is 0.529. The maximum atomic E-state index is 13.4. The van der Waals surface area contributed by atoms with Crippen molar-refractivity contribution in [1.82, 2.24) is 10.6 Å². The van der Waals surface area contributed by atoms with E-state index >= 15 is 0 Å². The summed E-state index contributed by atoms with van der Waals surface area (Å²) in [6, 6.07) is 1.39. The Kier molecular flexibility index (Phi) is 6.22. The standard InChI is InChI=1S/C17H20F4N2O3/c1-9-14(10(2-3-24)6-15(25)23-9)8-22-16(26)11-4-12(17(19,20)21)7-13(18)5-11/h4-5,7,9-10,14,24H,2-3,6,8H2,1H3,(H,22,26)(H,23,25)/t9-,10-,14-/m0/s1. The van der Waals surface area contributed by atoms with Crippen LogP contribution >= 0.6 is 0 Å². The number of alkyl halides is 3. The normalized spacial score (nSPS) is 23.5. The van der Waals surface area contributed by atoms with Gasteiger partial charge in [0, 0.05) is 31.2 Å². The maximum absolute atomic E-state index is 13.4. The van der Waals surface area contributed by atoms with Crippen molar-refractivity contribution >= 4 is 11.8 Å². The van der Waals surface area contributed by atoms with Gasteiger partial charge in [-0.2, -0.15) is 13.2 Å². The molecule has 0 aromatic heterocycles. The van der Waals surface area contributed by atoms with Gasteiger partial charge in [0.05, 0.1) is 5.56 Å². The molecule has 1 aromatic rings. The molecule has 3 atom stereocenters. The molecule has 1 aliphatic rings. The molecule has 0 saturated carbocycles. The SMILES string of the molecule is C[C@@H]1NC(=O)C[C@H](CCO)[C@H]1CNC(=O)c1cc(F)cc(C(F)(F)F)c1. The number of piperidine rings is 1. The number of benzene rings is 1. The van der Waals surface area contributed by atoms with E-state index in [-0.39, 0.29) is 43.4 Å². The molecule has 2 amide bonds. The molecule has 0 spiro atoms. The third-order valence-electron chi connectivity index (χ3n) is 4.57. The van der Waals surface area contributed by atoms with Crippen LogP contribution in [0.5, 0.6) is 0 Å². The maximum Gasteiger partial charge on any atom is 0.416 e. The van der Waals surface area contributed by atoms with Crippen molar-refractivity contribution in [2.75, 3.05) is 13.2 Å². The van der Waals surface area contributed by atoms with E-state index in [1.807, 2.05) is 0 Å². The predicted molar refractivity (Wildman–Crippen MR) is 84.6 cm³/mol. The van der Waals surface area contributed by atoms with E-state index in [1.54, 1.807) is 6.92 Å². The molecular weight excluding hydrogens is 356 g/mol. The molecule has 1 aromatic carbocycles. The van der Waals surface area contributed by atoms with E-state index in [0.29, 0.717) is 18.6 Å². The summed E-state index contributed by atoms with van der Waals surface area (Å²) in [5.74, 6) is -2.50. The zero-order valence-electron chi connectivity index (χ0n) is 14.1. The molecule has 144 valence electrons. The summed E-state index contributed by atoms with van der Waals surface area (Å²) in [4.78, 5) is 23.8. The smallest absolute Gasteiger partial charge is 0.396 e. The number of halogens is 4. The first kappa shape index (κ1) is 20.2. The summed E-state index contributed by atoms with van der Waals surface area (Å²) in [6.07, 6.45) is -4.19. The first-order chi connectivity index (χ1) is 12.1. The molecular formula is C17H20F4N2O3. The molecule has 0 bridgehead atoms. The molecule has 3 N–H and O–H groups in total. The Hall–Kier alpha value is -2.16. The molecule has 5 nitrogen and oxygen atoms in total. The van der Waals surface area contributed by atoms with Crippen LogP contribution < -0.4 is 10.6 Å². The summed E-state index contributed by atoms with van der Waals surface area (Å²) < 4.78 is 51.7. The number of amides is 2. The molecule has 0 aliphatic carbocycles. The lowest BCUT2D eigenvalue weighted by Gasteiger charge is -2.36. The van der Waals surface area contributed by atoms with Gasteiger partial charge in [-0.15, -0.1) is 0 Å². The number of carbonyl (C=O) groups excluding carboxylic acids is 2. The zero-order chi connectivity index (χ0) is 19.5. The molecule has 0 unspecified atom stereocenters. The quantitative estimate of drug-likeness (QED) is 0.689. The summed E-state index contributed by atoms with van der Waals surface area (Å²) in [6.45, 7) is 1.72. The van der Waals surface area contributed by atoms with Gasteiger partial charge in [-0.1, -0.05) is 0 Å². The third-order valence-corrected chi connectivity index (χ3v) is 4.57.